The van der Waals surface area contributed by atoms with E-state index < -0.39 is 0 Å². The van der Waals surface area contributed by atoms with E-state index in [1.807, 2.05) is 30.3 Å². The number of benzene rings is 2. The number of pyridine rings is 1. The fourth-order valence-electron chi connectivity index (χ4n) is 7.25. The fraction of sp³-hybridized carbons (Fsp3) is 0.484. The van der Waals surface area contributed by atoms with Gasteiger partial charge in [0.25, 0.3) is 0 Å². The van der Waals surface area contributed by atoms with Gasteiger partial charge in [-0.05, 0) is 57.1 Å². The average Bonchev–Trinajstić information content (AvgIpc) is 3.47. The number of hydrogen-bond donors (Lipinski definition) is 2. The predicted octanol–water partition coefficient (Wildman–Crippen LogP) is 3.79. The van der Waals surface area contributed by atoms with Gasteiger partial charge in [-0.25, -0.2) is 0 Å². The van der Waals surface area contributed by atoms with E-state index in [0.29, 0.717) is 42.7 Å². The molecule has 7 rings (SSSR count). The van der Waals surface area contributed by atoms with Crippen LogP contribution in [0, 0.1) is 11.3 Å². The number of fused-ring (bicyclic) bond motifs is 4. The summed E-state index contributed by atoms with van der Waals surface area (Å²) in [6.45, 7) is 4.95. The maximum absolute atomic E-state index is 10.5. The van der Waals surface area contributed by atoms with Crippen molar-refractivity contribution in [2.24, 2.45) is 0 Å². The summed E-state index contributed by atoms with van der Waals surface area (Å²) in [7, 11) is 2.15. The number of phenols is 1. The number of anilines is 2. The highest BCUT2D eigenvalue weighted by Crippen LogP contribution is 2.42. The number of ether oxygens (including phenoxy) is 1. The molecule has 0 radical (unpaired) electrons. The summed E-state index contributed by atoms with van der Waals surface area (Å²) >= 11 is 0. The first-order chi connectivity index (χ1) is 19.1. The van der Waals surface area contributed by atoms with Crippen molar-refractivity contribution in [1.82, 2.24) is 15.2 Å². The molecule has 4 aliphatic heterocycles. The van der Waals surface area contributed by atoms with E-state index in [9.17, 15) is 10.4 Å². The third-order valence-electron chi connectivity index (χ3n) is 9.32. The van der Waals surface area contributed by atoms with E-state index in [4.69, 9.17) is 9.72 Å². The molecular formula is C31H36N6O2. The monoisotopic (exact) mass is 524 g/mol. The number of piperazine rings is 1. The van der Waals surface area contributed by atoms with Crippen molar-refractivity contribution < 1.29 is 9.84 Å². The van der Waals surface area contributed by atoms with E-state index in [-0.39, 0.29) is 5.75 Å². The molecule has 8 nitrogen and oxygen atoms in total. The number of likely N-dealkylation sites (tertiary alicyclic amines) is 1. The molecule has 8 heteroatoms. The Balaban J connectivity index is 1.31. The minimum atomic E-state index is 0.257. The van der Waals surface area contributed by atoms with Gasteiger partial charge in [0.2, 0.25) is 5.88 Å². The van der Waals surface area contributed by atoms with Crippen LogP contribution in [0.5, 0.6) is 11.6 Å². The van der Waals surface area contributed by atoms with Gasteiger partial charge in [-0.15, -0.1) is 0 Å². The maximum Gasteiger partial charge on any atom is 0.234 e. The Morgan fingerprint density at radius 2 is 1.92 bits per heavy atom. The van der Waals surface area contributed by atoms with E-state index in [1.165, 1.54) is 24.8 Å². The molecule has 0 aliphatic carbocycles. The summed E-state index contributed by atoms with van der Waals surface area (Å²) in [5.74, 6) is 1.76. The molecule has 1 aromatic heterocycles. The molecule has 3 aromatic rings. The minimum Gasteiger partial charge on any atom is -0.508 e. The largest absolute Gasteiger partial charge is 0.508 e. The fourth-order valence-corrected chi connectivity index (χ4v) is 7.25. The molecule has 202 valence electrons. The first-order valence-electron chi connectivity index (χ1n) is 14.4. The van der Waals surface area contributed by atoms with Crippen molar-refractivity contribution in [3.63, 3.8) is 0 Å². The summed E-state index contributed by atoms with van der Waals surface area (Å²) in [5.41, 5.74) is 3.77. The summed E-state index contributed by atoms with van der Waals surface area (Å²) in [4.78, 5) is 12.3. The van der Waals surface area contributed by atoms with E-state index >= 15 is 0 Å². The first kappa shape index (κ1) is 24.5. The molecule has 39 heavy (non-hydrogen) atoms. The standard InChI is InChI=1S/C31H36N6O2/c1-35-11-4-6-23(35)19-39-31-27(15-32)28-18-36(29-14-24(38)13-20-5-2-3-7-25(20)29)12-10-26(28)30(34-31)37-21-8-9-22(37)17-33-16-21/h2-3,5,7,13-14,21-23,33,38H,4,6,8-12,16-19H2,1H3/t21-,22+,23-/m0/s1. The van der Waals surface area contributed by atoms with Gasteiger partial charge in [0.1, 0.15) is 29.8 Å². The lowest BCUT2D eigenvalue weighted by atomic mass is 9.94. The van der Waals surface area contributed by atoms with Crippen molar-refractivity contribution >= 4 is 22.3 Å². The number of nitriles is 1. The average molecular weight is 525 g/mol. The first-order valence-corrected chi connectivity index (χ1v) is 14.4. The zero-order valence-electron chi connectivity index (χ0n) is 22.6. The van der Waals surface area contributed by atoms with Crippen LogP contribution in [-0.4, -0.2) is 72.9 Å². The lowest BCUT2D eigenvalue weighted by Crippen LogP contribution is -2.53. The van der Waals surface area contributed by atoms with Crippen LogP contribution in [0.15, 0.2) is 36.4 Å². The number of hydrogen-bond acceptors (Lipinski definition) is 8. The van der Waals surface area contributed by atoms with Crippen LogP contribution in [0.4, 0.5) is 11.5 Å². The van der Waals surface area contributed by atoms with Crippen LogP contribution in [0.2, 0.25) is 0 Å². The van der Waals surface area contributed by atoms with Crippen LogP contribution >= 0.6 is 0 Å². The van der Waals surface area contributed by atoms with Crippen LogP contribution in [0.1, 0.15) is 42.4 Å². The topological polar surface area (TPSA) is 87.9 Å². The van der Waals surface area contributed by atoms with Crippen molar-refractivity contribution in [3.8, 4) is 17.7 Å². The molecule has 5 heterocycles. The lowest BCUT2D eigenvalue weighted by Gasteiger charge is -2.40. The highest BCUT2D eigenvalue weighted by molar-refractivity contribution is 5.95. The van der Waals surface area contributed by atoms with Gasteiger partial charge in [0.15, 0.2) is 0 Å². The second kappa shape index (κ2) is 9.89. The molecular weight excluding hydrogens is 488 g/mol. The Kier molecular flexibility index (Phi) is 6.21. The second-order valence-corrected chi connectivity index (χ2v) is 11.6. The summed E-state index contributed by atoms with van der Waals surface area (Å²) in [6, 6.07) is 15.5. The Bertz CT molecular complexity index is 1440. The molecule has 4 aliphatic rings. The van der Waals surface area contributed by atoms with Crippen LogP contribution in [0.3, 0.4) is 0 Å². The van der Waals surface area contributed by atoms with Gasteiger partial charge in [-0.1, -0.05) is 24.3 Å². The number of aromatic hydroxyl groups is 1. The normalized spacial score (nSPS) is 24.7. The molecule has 2 aromatic carbocycles. The van der Waals surface area contributed by atoms with Crippen molar-refractivity contribution in [1.29, 1.82) is 5.26 Å². The van der Waals surface area contributed by atoms with Gasteiger partial charge < -0.3 is 29.9 Å². The Labute approximate surface area is 229 Å². The molecule has 3 saturated heterocycles. The van der Waals surface area contributed by atoms with Crippen LogP contribution in [0.25, 0.3) is 10.8 Å². The van der Waals surface area contributed by atoms with Gasteiger partial charge in [0.05, 0.1) is 0 Å². The number of rotatable bonds is 5. The zero-order valence-corrected chi connectivity index (χ0v) is 22.6. The molecule has 3 atom stereocenters. The summed E-state index contributed by atoms with van der Waals surface area (Å²) in [6.07, 6.45) is 5.41. The molecule has 2 N–H and O–H groups in total. The Morgan fingerprint density at radius 3 is 2.69 bits per heavy atom. The van der Waals surface area contributed by atoms with Crippen LogP contribution in [-0.2, 0) is 13.0 Å². The number of nitrogens with one attached hydrogen (secondary N) is 1. The third kappa shape index (κ3) is 4.25. The molecule has 0 amide bonds. The Hall–Kier alpha value is -3.54. The lowest BCUT2D eigenvalue weighted by molar-refractivity contribution is 0.192. The van der Waals surface area contributed by atoms with Gasteiger partial charge in [-0.2, -0.15) is 10.2 Å². The smallest absolute Gasteiger partial charge is 0.234 e. The van der Waals surface area contributed by atoms with Crippen molar-refractivity contribution in [2.75, 3.05) is 49.6 Å². The van der Waals surface area contributed by atoms with E-state index in [1.54, 1.807) is 0 Å². The summed E-state index contributed by atoms with van der Waals surface area (Å²) < 4.78 is 6.43. The zero-order chi connectivity index (χ0) is 26.5. The maximum atomic E-state index is 10.5. The molecule has 0 unspecified atom stereocenters. The quantitative estimate of drug-likeness (QED) is 0.521. The van der Waals surface area contributed by atoms with Crippen LogP contribution < -0.4 is 19.9 Å². The molecule has 0 saturated carbocycles. The van der Waals surface area contributed by atoms with Crippen molar-refractivity contribution in [2.45, 2.75) is 56.8 Å². The number of nitrogens with zero attached hydrogens (tertiary/aromatic N) is 5. The van der Waals surface area contributed by atoms with Gasteiger partial charge >= 0.3 is 0 Å². The summed E-state index contributed by atoms with van der Waals surface area (Å²) in [5, 5.41) is 26.7. The molecule has 3 fully saturated rings. The second-order valence-electron chi connectivity index (χ2n) is 11.6. The number of likely N-dealkylation sites (N-methyl/N-ethyl adjacent to an activating group) is 1. The van der Waals surface area contributed by atoms with E-state index in [2.05, 4.69) is 39.2 Å². The van der Waals surface area contributed by atoms with E-state index in [0.717, 1.165) is 66.9 Å². The minimum absolute atomic E-state index is 0.257. The van der Waals surface area contributed by atoms with Gasteiger partial charge in [-0.3, -0.25) is 0 Å². The predicted molar refractivity (Wildman–Crippen MR) is 153 cm³/mol. The molecule has 0 spiro atoms. The number of aromatic nitrogens is 1. The highest BCUT2D eigenvalue weighted by Gasteiger charge is 2.40. The highest BCUT2D eigenvalue weighted by atomic mass is 16.5. The Morgan fingerprint density at radius 1 is 1.10 bits per heavy atom. The third-order valence-corrected chi connectivity index (χ3v) is 9.32. The number of phenolic OH excluding ortho intramolecular Hbond substituents is 1. The van der Waals surface area contributed by atoms with Gasteiger partial charge in [0, 0.05) is 72.6 Å². The van der Waals surface area contributed by atoms with Crippen molar-refractivity contribution in [3.05, 3.63) is 53.1 Å². The SMILES string of the molecule is CN1CCC[C@H]1COc1nc(N2[C@@H]3CC[C@H]2CNC3)c2c(c1C#N)CN(c1cc(O)cc3ccccc13)CC2. The molecule has 2 bridgehead atoms.